The van der Waals surface area contributed by atoms with Gasteiger partial charge in [-0.15, -0.1) is 0 Å². The third kappa shape index (κ3) is 7.07. The Morgan fingerprint density at radius 3 is 1.52 bits per heavy atom. The summed E-state index contributed by atoms with van der Waals surface area (Å²) < 4.78 is 34.7. The highest BCUT2D eigenvalue weighted by Crippen LogP contribution is 2.58. The third-order valence-corrected chi connectivity index (χ3v) is 7.89. The first kappa shape index (κ1) is 32.1. The molecule has 4 atom stereocenters. The zero-order valence-corrected chi connectivity index (χ0v) is 26.6. The van der Waals surface area contributed by atoms with Gasteiger partial charge in [-0.2, -0.15) is 0 Å². The molecule has 2 aliphatic rings. The topological polar surface area (TPSA) is 124 Å². The average Bonchev–Trinajstić information content (AvgIpc) is 3.02. The lowest BCUT2D eigenvalue weighted by molar-refractivity contribution is -0.132. The number of hydrogen-bond donors (Lipinski definition) is 0. The predicted molar refractivity (Wildman–Crippen MR) is 173 cm³/mol. The lowest BCUT2D eigenvalue weighted by Crippen LogP contribution is -2.39. The first-order valence-corrected chi connectivity index (χ1v) is 15.3. The van der Waals surface area contributed by atoms with Gasteiger partial charge < -0.3 is 28.4 Å². The van der Waals surface area contributed by atoms with Crippen LogP contribution in [0.4, 0.5) is 0 Å². The van der Waals surface area contributed by atoms with Gasteiger partial charge in [-0.25, -0.2) is 0 Å². The maximum atomic E-state index is 11.8. The zero-order chi connectivity index (χ0) is 33.9. The van der Waals surface area contributed by atoms with E-state index < -0.39 is 36.1 Å². The van der Waals surface area contributed by atoms with Crippen molar-refractivity contribution in [3.63, 3.8) is 0 Å². The molecular weight excluding hydrogens is 616 g/mol. The highest BCUT2D eigenvalue weighted by Gasteiger charge is 2.48. The maximum Gasteiger partial charge on any atom is 0.308 e. The van der Waals surface area contributed by atoms with E-state index in [4.69, 9.17) is 28.4 Å². The van der Waals surface area contributed by atoms with Gasteiger partial charge in [0.15, 0.2) is 0 Å². The molecular formula is C38H32O10. The lowest BCUT2D eigenvalue weighted by Gasteiger charge is -2.46. The fourth-order valence-electron chi connectivity index (χ4n) is 6.09. The minimum Gasteiger partial charge on any atom is -0.485 e. The molecule has 0 unspecified atom stereocenters. The molecule has 10 nitrogen and oxygen atoms in total. The van der Waals surface area contributed by atoms with E-state index in [2.05, 4.69) is 6.08 Å². The van der Waals surface area contributed by atoms with Crippen molar-refractivity contribution in [2.45, 2.75) is 45.8 Å². The molecule has 2 heterocycles. The molecule has 244 valence electrons. The number of allylic oxidation sites excluding steroid dienone is 1. The van der Waals surface area contributed by atoms with Crippen LogP contribution in [0.15, 0.2) is 91.0 Å². The number of fused-ring (bicyclic) bond motifs is 4. The van der Waals surface area contributed by atoms with Crippen molar-refractivity contribution in [2.24, 2.45) is 5.92 Å². The average molecular weight is 649 g/mol. The zero-order valence-electron chi connectivity index (χ0n) is 26.6. The highest BCUT2D eigenvalue weighted by molar-refractivity contribution is 5.71. The van der Waals surface area contributed by atoms with Crippen LogP contribution in [0.2, 0.25) is 0 Å². The van der Waals surface area contributed by atoms with Crippen molar-refractivity contribution in [2.75, 3.05) is 0 Å². The van der Waals surface area contributed by atoms with Gasteiger partial charge in [-0.05, 0) is 53.6 Å². The number of hydrogen-bond acceptors (Lipinski definition) is 10. The Labute approximate surface area is 276 Å². The fourth-order valence-corrected chi connectivity index (χ4v) is 6.09. The van der Waals surface area contributed by atoms with Crippen molar-refractivity contribution in [3.05, 3.63) is 113 Å². The summed E-state index contributed by atoms with van der Waals surface area (Å²) in [6.07, 6.45) is 2.95. The molecule has 0 radical (unpaired) electrons. The molecule has 0 amide bonds. The quantitative estimate of drug-likeness (QED) is 0.152. The van der Waals surface area contributed by atoms with E-state index in [1.807, 2.05) is 42.5 Å². The summed E-state index contributed by atoms with van der Waals surface area (Å²) in [6.45, 7) is 5.35. The number of carbonyl (C=O) groups excluding carboxylic acids is 4. The Kier molecular flexibility index (Phi) is 8.98. The number of rotatable bonds is 7. The summed E-state index contributed by atoms with van der Waals surface area (Å²) in [5, 5.41) is 0. The van der Waals surface area contributed by atoms with E-state index in [0.29, 0.717) is 34.5 Å². The van der Waals surface area contributed by atoms with Gasteiger partial charge in [-0.1, -0.05) is 42.5 Å². The van der Waals surface area contributed by atoms with Crippen LogP contribution in [-0.2, 0) is 19.2 Å². The van der Waals surface area contributed by atoms with Gasteiger partial charge in [0.2, 0.25) is 0 Å². The molecule has 0 bridgehead atoms. The molecule has 2 aliphatic heterocycles. The lowest BCUT2D eigenvalue weighted by atomic mass is 9.71. The number of benzene rings is 4. The van der Waals surface area contributed by atoms with Crippen LogP contribution in [0.1, 0.15) is 68.1 Å². The second-order valence-corrected chi connectivity index (χ2v) is 11.5. The Bertz CT molecular complexity index is 1910. The van der Waals surface area contributed by atoms with Crippen molar-refractivity contribution < 1.29 is 47.6 Å². The molecule has 10 heteroatoms. The molecule has 0 N–H and O–H groups in total. The largest absolute Gasteiger partial charge is 0.485 e. The van der Waals surface area contributed by atoms with E-state index in [0.717, 1.165) is 22.3 Å². The van der Waals surface area contributed by atoms with Crippen molar-refractivity contribution in [3.8, 4) is 34.5 Å². The molecule has 0 aliphatic carbocycles. The summed E-state index contributed by atoms with van der Waals surface area (Å²) in [6, 6.07) is 24.7. The molecule has 0 saturated heterocycles. The van der Waals surface area contributed by atoms with E-state index in [9.17, 15) is 19.2 Å². The van der Waals surface area contributed by atoms with Gasteiger partial charge in [0, 0.05) is 56.9 Å². The summed E-state index contributed by atoms with van der Waals surface area (Å²) in [4.78, 5) is 46.5. The molecule has 4 aromatic carbocycles. The molecule has 0 saturated carbocycles. The predicted octanol–water partition coefficient (Wildman–Crippen LogP) is 7.07. The Morgan fingerprint density at radius 2 is 0.979 bits per heavy atom. The third-order valence-electron chi connectivity index (χ3n) is 7.89. The van der Waals surface area contributed by atoms with E-state index in [-0.39, 0.29) is 11.8 Å². The first-order valence-electron chi connectivity index (χ1n) is 15.3. The van der Waals surface area contributed by atoms with Crippen molar-refractivity contribution >= 4 is 30.0 Å². The maximum absolute atomic E-state index is 11.8. The smallest absolute Gasteiger partial charge is 0.308 e. The minimum absolute atomic E-state index is 0.280. The standard InChI is InChI=1S/C38H32O10/c1-21(39)43-27-10-5-25(6-11-27)7-16-32-31-17-14-29(45-23(3)41)19-34(31)48-38-33-18-15-30(46-24(4)42)20-35(33)47-37(36(32)38)26-8-12-28(13-9-26)44-22(2)40/h5-20,32,36-38H,1-4H3/b16-7+/t32-,36-,37-,38+/m1/s1. The summed E-state index contributed by atoms with van der Waals surface area (Å²) in [5.74, 6) is 0.174. The van der Waals surface area contributed by atoms with Crippen LogP contribution < -0.4 is 28.4 Å². The summed E-state index contributed by atoms with van der Waals surface area (Å²) >= 11 is 0. The number of carbonyl (C=O) groups is 4. The summed E-state index contributed by atoms with van der Waals surface area (Å²) in [7, 11) is 0. The van der Waals surface area contributed by atoms with Gasteiger partial charge in [0.05, 0.1) is 5.92 Å². The van der Waals surface area contributed by atoms with Crippen molar-refractivity contribution in [1.82, 2.24) is 0 Å². The molecule has 0 aromatic heterocycles. The second kappa shape index (κ2) is 13.4. The van der Waals surface area contributed by atoms with Crippen LogP contribution in [-0.4, -0.2) is 23.9 Å². The van der Waals surface area contributed by atoms with Crippen LogP contribution in [0.5, 0.6) is 34.5 Å². The van der Waals surface area contributed by atoms with E-state index in [1.54, 1.807) is 48.5 Å². The normalized spacial score (nSPS) is 19.0. The second-order valence-electron chi connectivity index (χ2n) is 11.5. The monoisotopic (exact) mass is 648 g/mol. The number of esters is 4. The fraction of sp³-hybridized carbons (Fsp3) is 0.211. The molecule has 0 fully saturated rings. The SMILES string of the molecule is CC(=O)Oc1ccc(/C=C/[C@@H]2c3ccc(OC(C)=O)cc3O[C@H]3c4ccc(OC(C)=O)cc4O[C@H](c4ccc(OC(C)=O)cc4)[C@@H]23)cc1. The van der Waals surface area contributed by atoms with Gasteiger partial charge in [0.1, 0.15) is 46.7 Å². The van der Waals surface area contributed by atoms with Crippen LogP contribution >= 0.6 is 0 Å². The van der Waals surface area contributed by atoms with Gasteiger partial charge >= 0.3 is 23.9 Å². The summed E-state index contributed by atoms with van der Waals surface area (Å²) in [5.41, 5.74) is 3.27. The van der Waals surface area contributed by atoms with E-state index >= 15 is 0 Å². The van der Waals surface area contributed by atoms with Crippen molar-refractivity contribution in [1.29, 1.82) is 0 Å². The Morgan fingerprint density at radius 1 is 0.542 bits per heavy atom. The van der Waals surface area contributed by atoms with Gasteiger partial charge in [-0.3, -0.25) is 19.2 Å². The van der Waals surface area contributed by atoms with Crippen LogP contribution in [0.3, 0.4) is 0 Å². The Hall–Kier alpha value is -5.90. The minimum atomic E-state index is -0.566. The van der Waals surface area contributed by atoms with Gasteiger partial charge in [0.25, 0.3) is 0 Å². The van der Waals surface area contributed by atoms with Crippen LogP contribution in [0, 0.1) is 5.92 Å². The molecule has 4 aromatic rings. The van der Waals surface area contributed by atoms with Crippen LogP contribution in [0.25, 0.3) is 6.08 Å². The molecule has 0 spiro atoms. The first-order chi connectivity index (χ1) is 23.0. The van der Waals surface area contributed by atoms with E-state index in [1.165, 1.54) is 27.7 Å². The number of ether oxygens (including phenoxy) is 6. The molecule has 6 rings (SSSR count). The highest BCUT2D eigenvalue weighted by atomic mass is 16.6. The Balaban J connectivity index is 1.47. The molecule has 48 heavy (non-hydrogen) atoms.